The van der Waals surface area contributed by atoms with E-state index in [-0.39, 0.29) is 23.8 Å². The van der Waals surface area contributed by atoms with Crippen molar-refractivity contribution in [1.29, 1.82) is 0 Å². The van der Waals surface area contributed by atoms with Crippen molar-refractivity contribution in [3.05, 3.63) is 53.1 Å². The number of rotatable bonds is 5. The SMILES string of the molecule is Cc1ccc(Cl)cc1NS(=O)(=O)c1ccc(N2CC(C(=O)O)CC2=O)cc1. The molecule has 142 valence electrons. The first-order valence-electron chi connectivity index (χ1n) is 8.09. The highest BCUT2D eigenvalue weighted by molar-refractivity contribution is 7.92. The lowest BCUT2D eigenvalue weighted by atomic mass is 10.1. The Morgan fingerprint density at radius 2 is 1.89 bits per heavy atom. The molecule has 1 unspecified atom stereocenters. The van der Waals surface area contributed by atoms with E-state index in [1.807, 2.05) is 0 Å². The van der Waals surface area contributed by atoms with Crippen molar-refractivity contribution < 1.29 is 23.1 Å². The number of benzene rings is 2. The number of halogens is 1. The summed E-state index contributed by atoms with van der Waals surface area (Å²) < 4.78 is 27.7. The van der Waals surface area contributed by atoms with E-state index < -0.39 is 21.9 Å². The van der Waals surface area contributed by atoms with Crippen LogP contribution in [0.1, 0.15) is 12.0 Å². The molecule has 1 saturated heterocycles. The fourth-order valence-corrected chi connectivity index (χ4v) is 4.13. The van der Waals surface area contributed by atoms with Crippen LogP contribution in [0.4, 0.5) is 11.4 Å². The van der Waals surface area contributed by atoms with Crippen LogP contribution in [0.3, 0.4) is 0 Å². The third kappa shape index (κ3) is 4.06. The monoisotopic (exact) mass is 408 g/mol. The molecule has 3 rings (SSSR count). The predicted octanol–water partition coefficient (Wildman–Crippen LogP) is 2.89. The first-order chi connectivity index (χ1) is 12.7. The van der Waals surface area contributed by atoms with Gasteiger partial charge in [-0.15, -0.1) is 0 Å². The summed E-state index contributed by atoms with van der Waals surface area (Å²) in [5.41, 5.74) is 1.56. The van der Waals surface area contributed by atoms with Crippen LogP contribution in [-0.4, -0.2) is 31.9 Å². The van der Waals surface area contributed by atoms with Gasteiger partial charge in [0.05, 0.1) is 16.5 Å². The third-order valence-corrected chi connectivity index (χ3v) is 5.99. The number of aliphatic carboxylic acids is 1. The lowest BCUT2D eigenvalue weighted by molar-refractivity contribution is -0.141. The number of carboxylic acid groups (broad SMARTS) is 1. The Morgan fingerprint density at radius 1 is 1.22 bits per heavy atom. The summed E-state index contributed by atoms with van der Waals surface area (Å²) >= 11 is 5.92. The van der Waals surface area contributed by atoms with E-state index >= 15 is 0 Å². The maximum atomic E-state index is 12.6. The van der Waals surface area contributed by atoms with Gasteiger partial charge in [0, 0.05) is 23.7 Å². The highest BCUT2D eigenvalue weighted by Gasteiger charge is 2.35. The van der Waals surface area contributed by atoms with Crippen molar-refractivity contribution in [3.8, 4) is 0 Å². The lowest BCUT2D eigenvalue weighted by Gasteiger charge is -2.17. The van der Waals surface area contributed by atoms with Gasteiger partial charge in [-0.05, 0) is 48.9 Å². The first-order valence-corrected chi connectivity index (χ1v) is 9.96. The molecule has 1 heterocycles. The summed E-state index contributed by atoms with van der Waals surface area (Å²) in [6.45, 7) is 1.83. The molecule has 1 aliphatic rings. The maximum Gasteiger partial charge on any atom is 0.308 e. The molecule has 0 saturated carbocycles. The molecule has 0 aliphatic carbocycles. The average Bonchev–Trinajstić information content (AvgIpc) is 3.00. The summed E-state index contributed by atoms with van der Waals surface area (Å²) in [7, 11) is -3.84. The molecule has 2 aromatic carbocycles. The number of hydrogen-bond acceptors (Lipinski definition) is 4. The normalized spacial score (nSPS) is 17.2. The van der Waals surface area contributed by atoms with E-state index in [2.05, 4.69) is 4.72 Å². The predicted molar refractivity (Wildman–Crippen MR) is 102 cm³/mol. The number of nitrogens with one attached hydrogen (secondary N) is 1. The van der Waals surface area contributed by atoms with E-state index in [4.69, 9.17) is 16.7 Å². The molecule has 0 bridgehead atoms. The second-order valence-corrected chi connectivity index (χ2v) is 8.42. The van der Waals surface area contributed by atoms with Crippen LogP contribution < -0.4 is 9.62 Å². The Balaban J connectivity index is 1.81. The summed E-state index contributed by atoms with van der Waals surface area (Å²) in [5.74, 6) is -2.08. The zero-order valence-electron chi connectivity index (χ0n) is 14.3. The van der Waals surface area contributed by atoms with Gasteiger partial charge in [-0.2, -0.15) is 0 Å². The molecule has 1 amide bonds. The summed E-state index contributed by atoms with van der Waals surface area (Å²) in [6.07, 6.45) is -0.0645. The van der Waals surface area contributed by atoms with Crippen molar-refractivity contribution in [2.45, 2.75) is 18.2 Å². The van der Waals surface area contributed by atoms with Gasteiger partial charge in [0.15, 0.2) is 0 Å². The number of carbonyl (C=O) groups excluding carboxylic acids is 1. The summed E-state index contributed by atoms with van der Waals surface area (Å²) in [4.78, 5) is 24.4. The van der Waals surface area contributed by atoms with Gasteiger partial charge in [-0.3, -0.25) is 14.3 Å². The summed E-state index contributed by atoms with van der Waals surface area (Å²) in [6, 6.07) is 10.6. The van der Waals surface area contributed by atoms with Crippen molar-refractivity contribution in [3.63, 3.8) is 0 Å². The number of anilines is 2. The number of hydrogen-bond donors (Lipinski definition) is 2. The number of nitrogens with zero attached hydrogens (tertiary/aromatic N) is 1. The van der Waals surface area contributed by atoms with Gasteiger partial charge in [0.1, 0.15) is 0 Å². The molecule has 0 aromatic heterocycles. The van der Waals surface area contributed by atoms with Crippen LogP contribution in [0.2, 0.25) is 5.02 Å². The van der Waals surface area contributed by atoms with Gasteiger partial charge < -0.3 is 10.0 Å². The fraction of sp³-hybridized carbons (Fsp3) is 0.222. The van der Waals surface area contributed by atoms with E-state index in [1.54, 1.807) is 19.1 Å². The van der Waals surface area contributed by atoms with Crippen molar-refractivity contribution in [2.75, 3.05) is 16.2 Å². The summed E-state index contributed by atoms with van der Waals surface area (Å²) in [5, 5.41) is 9.46. The molecule has 9 heteroatoms. The van der Waals surface area contributed by atoms with Gasteiger partial charge >= 0.3 is 5.97 Å². The quantitative estimate of drug-likeness (QED) is 0.791. The molecule has 1 aliphatic heterocycles. The van der Waals surface area contributed by atoms with Crippen LogP contribution in [0.15, 0.2) is 47.4 Å². The molecule has 0 radical (unpaired) electrons. The van der Waals surface area contributed by atoms with Crippen molar-refractivity contribution in [2.24, 2.45) is 5.92 Å². The third-order valence-electron chi connectivity index (χ3n) is 4.38. The highest BCUT2D eigenvalue weighted by Crippen LogP contribution is 2.28. The number of amides is 1. The van der Waals surface area contributed by atoms with Crippen molar-refractivity contribution >= 4 is 44.9 Å². The minimum Gasteiger partial charge on any atom is -0.481 e. The minimum atomic E-state index is -3.84. The molecule has 2 N–H and O–H groups in total. The van der Waals surface area contributed by atoms with Crippen molar-refractivity contribution in [1.82, 2.24) is 0 Å². The van der Waals surface area contributed by atoms with Gasteiger partial charge in [0.2, 0.25) is 5.91 Å². The molecule has 1 fully saturated rings. The maximum absolute atomic E-state index is 12.6. The Kier molecular flexibility index (Phi) is 5.12. The fourth-order valence-electron chi connectivity index (χ4n) is 2.84. The zero-order valence-corrected chi connectivity index (χ0v) is 15.9. The van der Waals surface area contributed by atoms with E-state index in [0.717, 1.165) is 5.56 Å². The molecular formula is C18H17ClN2O5S. The number of carbonyl (C=O) groups is 2. The molecule has 7 nitrogen and oxygen atoms in total. The highest BCUT2D eigenvalue weighted by atomic mass is 35.5. The molecule has 27 heavy (non-hydrogen) atoms. The number of carboxylic acids is 1. The first kappa shape index (κ1) is 19.2. The van der Waals surface area contributed by atoms with Crippen LogP contribution in [0, 0.1) is 12.8 Å². The van der Waals surface area contributed by atoms with E-state index in [1.165, 1.54) is 35.2 Å². The Bertz CT molecular complexity index is 1000. The number of aryl methyl sites for hydroxylation is 1. The Hall–Kier alpha value is -2.58. The Morgan fingerprint density at radius 3 is 2.48 bits per heavy atom. The van der Waals surface area contributed by atoms with Gasteiger partial charge in [-0.25, -0.2) is 8.42 Å². The topological polar surface area (TPSA) is 104 Å². The average molecular weight is 409 g/mol. The van der Waals surface area contributed by atoms with E-state index in [9.17, 15) is 18.0 Å². The Labute approximate surface area is 161 Å². The van der Waals surface area contributed by atoms with E-state index in [0.29, 0.717) is 16.4 Å². The minimum absolute atomic E-state index is 0.0204. The van der Waals surface area contributed by atoms with Crippen LogP contribution in [0.25, 0.3) is 0 Å². The molecule has 2 aromatic rings. The molecular weight excluding hydrogens is 392 g/mol. The molecule has 0 spiro atoms. The molecule has 1 atom stereocenters. The second-order valence-electron chi connectivity index (χ2n) is 6.30. The standard InChI is InChI=1S/C18H17ClN2O5S/c1-11-2-3-13(19)9-16(11)20-27(25,26)15-6-4-14(5-7-15)21-10-12(18(23)24)8-17(21)22/h2-7,9,12,20H,8,10H2,1H3,(H,23,24). The van der Waals surface area contributed by atoms with Crippen LogP contribution in [0.5, 0.6) is 0 Å². The largest absolute Gasteiger partial charge is 0.481 e. The number of sulfonamides is 1. The van der Waals surface area contributed by atoms with Crippen LogP contribution >= 0.6 is 11.6 Å². The second kappa shape index (κ2) is 7.21. The zero-order chi connectivity index (χ0) is 19.8. The van der Waals surface area contributed by atoms with Gasteiger partial charge in [-0.1, -0.05) is 17.7 Å². The van der Waals surface area contributed by atoms with Gasteiger partial charge in [0.25, 0.3) is 10.0 Å². The lowest BCUT2D eigenvalue weighted by Crippen LogP contribution is -2.25. The van der Waals surface area contributed by atoms with Crippen LogP contribution in [-0.2, 0) is 19.6 Å². The smallest absolute Gasteiger partial charge is 0.308 e.